The summed E-state index contributed by atoms with van der Waals surface area (Å²) in [5.74, 6) is 0. The summed E-state index contributed by atoms with van der Waals surface area (Å²) in [5, 5.41) is 0.584. The molecule has 0 radical (unpaired) electrons. The van der Waals surface area contributed by atoms with E-state index >= 15 is 0 Å². The number of halogens is 1. The first-order valence-corrected chi connectivity index (χ1v) is 11.5. The summed E-state index contributed by atoms with van der Waals surface area (Å²) in [6.07, 6.45) is 0. The molecular formula is C21H17ClN2O3S2. The highest BCUT2D eigenvalue weighted by atomic mass is 35.5. The Morgan fingerprint density at radius 2 is 1.76 bits per heavy atom. The van der Waals surface area contributed by atoms with Crippen LogP contribution in [-0.2, 0) is 16.6 Å². The fourth-order valence-corrected chi connectivity index (χ4v) is 5.28. The second-order valence-corrected chi connectivity index (χ2v) is 9.73. The third-order valence-electron chi connectivity index (χ3n) is 4.54. The number of benzene rings is 3. The van der Waals surface area contributed by atoms with Crippen molar-refractivity contribution in [2.75, 3.05) is 4.72 Å². The Bertz CT molecular complexity index is 1360. The lowest BCUT2D eigenvalue weighted by Gasteiger charge is -2.09. The summed E-state index contributed by atoms with van der Waals surface area (Å²) in [7, 11) is -3.76. The fraction of sp³-hybridized carbons (Fsp3) is 0.0952. The van der Waals surface area contributed by atoms with Crippen molar-refractivity contribution in [3.8, 4) is 0 Å². The molecule has 1 N–H and O–H groups in total. The largest absolute Gasteiger partial charge is 0.308 e. The normalized spacial score (nSPS) is 11.7. The maximum absolute atomic E-state index is 12.7. The minimum atomic E-state index is -3.76. The molecule has 0 aliphatic heterocycles. The summed E-state index contributed by atoms with van der Waals surface area (Å²) in [4.78, 5) is 12.5. The van der Waals surface area contributed by atoms with Gasteiger partial charge in [-0.05, 0) is 48.9 Å². The van der Waals surface area contributed by atoms with Crippen molar-refractivity contribution in [1.29, 1.82) is 0 Å². The van der Waals surface area contributed by atoms with E-state index in [0.29, 0.717) is 27.5 Å². The molecule has 1 aromatic heterocycles. The lowest BCUT2D eigenvalue weighted by atomic mass is 10.2. The van der Waals surface area contributed by atoms with Crippen molar-refractivity contribution in [2.45, 2.75) is 18.4 Å². The number of hydrogen-bond acceptors (Lipinski definition) is 4. The molecule has 0 saturated carbocycles. The van der Waals surface area contributed by atoms with Crippen LogP contribution in [0.1, 0.15) is 11.1 Å². The average molecular weight is 445 g/mol. The zero-order chi connectivity index (χ0) is 20.6. The van der Waals surface area contributed by atoms with Crippen LogP contribution < -0.4 is 9.60 Å². The molecule has 1 heterocycles. The third-order valence-corrected chi connectivity index (χ3v) is 7.23. The van der Waals surface area contributed by atoms with Gasteiger partial charge in [0.1, 0.15) is 0 Å². The number of rotatable bonds is 5. The van der Waals surface area contributed by atoms with Crippen molar-refractivity contribution in [2.24, 2.45) is 0 Å². The van der Waals surface area contributed by atoms with Gasteiger partial charge in [0.25, 0.3) is 10.0 Å². The van der Waals surface area contributed by atoms with E-state index in [0.717, 1.165) is 22.5 Å². The number of sulfonamides is 1. The first kappa shape index (κ1) is 19.7. The van der Waals surface area contributed by atoms with E-state index < -0.39 is 10.0 Å². The Labute approximate surface area is 177 Å². The molecule has 4 rings (SSSR count). The SMILES string of the molecule is Cc1ccc(NS(=O)(=O)c2ccc3c(c2)sc(=O)n3Cc2ccccc2Cl)cc1. The number of aryl methyl sites for hydroxylation is 1. The van der Waals surface area contributed by atoms with Crippen molar-refractivity contribution in [1.82, 2.24) is 4.57 Å². The molecule has 3 aromatic carbocycles. The predicted molar refractivity (Wildman–Crippen MR) is 119 cm³/mol. The number of fused-ring (bicyclic) bond motifs is 1. The first-order valence-electron chi connectivity index (χ1n) is 8.80. The van der Waals surface area contributed by atoms with E-state index in [1.165, 1.54) is 12.1 Å². The quantitative estimate of drug-likeness (QED) is 0.477. The Morgan fingerprint density at radius 1 is 1.03 bits per heavy atom. The number of nitrogens with one attached hydrogen (secondary N) is 1. The minimum Gasteiger partial charge on any atom is -0.294 e. The zero-order valence-electron chi connectivity index (χ0n) is 15.4. The van der Waals surface area contributed by atoms with Crippen LogP contribution in [0, 0.1) is 6.92 Å². The molecule has 0 aliphatic rings. The zero-order valence-corrected chi connectivity index (χ0v) is 17.8. The lowest BCUT2D eigenvalue weighted by molar-refractivity contribution is 0.601. The van der Waals surface area contributed by atoms with Crippen molar-refractivity contribution < 1.29 is 8.42 Å². The summed E-state index contributed by atoms with van der Waals surface area (Å²) in [6, 6.07) is 19.1. The Balaban J connectivity index is 1.69. The van der Waals surface area contributed by atoms with Gasteiger partial charge in [-0.25, -0.2) is 8.42 Å². The molecule has 0 bridgehead atoms. The molecular weight excluding hydrogens is 428 g/mol. The van der Waals surface area contributed by atoms with Crippen LogP contribution in [0.15, 0.2) is 76.4 Å². The molecule has 0 unspecified atom stereocenters. The van der Waals surface area contributed by atoms with Gasteiger partial charge in [0, 0.05) is 10.7 Å². The molecule has 4 aromatic rings. The monoisotopic (exact) mass is 444 g/mol. The van der Waals surface area contributed by atoms with E-state index in [2.05, 4.69) is 4.72 Å². The smallest absolute Gasteiger partial charge is 0.294 e. The molecule has 5 nitrogen and oxygen atoms in total. The Morgan fingerprint density at radius 3 is 2.48 bits per heavy atom. The molecule has 148 valence electrons. The number of nitrogens with zero attached hydrogens (tertiary/aromatic N) is 1. The van der Waals surface area contributed by atoms with Crippen LogP contribution in [0.4, 0.5) is 5.69 Å². The average Bonchev–Trinajstić information content (AvgIpc) is 3.00. The molecule has 0 fully saturated rings. The highest BCUT2D eigenvalue weighted by molar-refractivity contribution is 7.92. The van der Waals surface area contributed by atoms with E-state index in [1.807, 2.05) is 37.3 Å². The highest BCUT2D eigenvalue weighted by Gasteiger charge is 2.17. The molecule has 8 heteroatoms. The van der Waals surface area contributed by atoms with Gasteiger partial charge in [-0.1, -0.05) is 58.8 Å². The Hall–Kier alpha value is -2.61. The summed E-state index contributed by atoms with van der Waals surface area (Å²) < 4.78 is 30.3. The summed E-state index contributed by atoms with van der Waals surface area (Å²) >= 11 is 7.23. The van der Waals surface area contributed by atoms with E-state index in [-0.39, 0.29) is 9.77 Å². The number of thiazole rings is 1. The first-order chi connectivity index (χ1) is 13.8. The molecule has 0 amide bonds. The van der Waals surface area contributed by atoms with Gasteiger partial charge in [0.05, 0.1) is 21.7 Å². The van der Waals surface area contributed by atoms with Crippen LogP contribution in [0.5, 0.6) is 0 Å². The fourth-order valence-electron chi connectivity index (χ4n) is 3.00. The third kappa shape index (κ3) is 4.07. The summed E-state index contributed by atoms with van der Waals surface area (Å²) in [6.45, 7) is 2.26. The van der Waals surface area contributed by atoms with Crippen LogP contribution in [-0.4, -0.2) is 13.0 Å². The van der Waals surface area contributed by atoms with Crippen LogP contribution in [0.3, 0.4) is 0 Å². The number of anilines is 1. The van der Waals surface area contributed by atoms with Crippen LogP contribution in [0.2, 0.25) is 5.02 Å². The summed E-state index contributed by atoms with van der Waals surface area (Å²) in [5.41, 5.74) is 3.03. The van der Waals surface area contributed by atoms with Crippen molar-refractivity contribution in [3.63, 3.8) is 0 Å². The Kier molecular flexibility index (Phi) is 5.21. The highest BCUT2D eigenvalue weighted by Crippen LogP contribution is 2.25. The van der Waals surface area contributed by atoms with Gasteiger partial charge < -0.3 is 0 Å². The van der Waals surface area contributed by atoms with Gasteiger partial charge in [-0.3, -0.25) is 14.1 Å². The molecule has 0 spiro atoms. The number of hydrogen-bond donors (Lipinski definition) is 1. The maximum Gasteiger partial charge on any atom is 0.308 e. The minimum absolute atomic E-state index is 0.108. The van der Waals surface area contributed by atoms with Gasteiger partial charge in [-0.15, -0.1) is 0 Å². The van der Waals surface area contributed by atoms with E-state index in [9.17, 15) is 13.2 Å². The van der Waals surface area contributed by atoms with E-state index in [4.69, 9.17) is 11.6 Å². The lowest BCUT2D eigenvalue weighted by Crippen LogP contribution is -2.14. The second-order valence-electron chi connectivity index (χ2n) is 6.65. The van der Waals surface area contributed by atoms with Gasteiger partial charge in [0.2, 0.25) is 0 Å². The van der Waals surface area contributed by atoms with Gasteiger partial charge in [-0.2, -0.15) is 0 Å². The second kappa shape index (κ2) is 7.67. The van der Waals surface area contributed by atoms with Gasteiger partial charge in [0.15, 0.2) is 0 Å². The molecule has 0 saturated heterocycles. The predicted octanol–water partition coefficient (Wildman–Crippen LogP) is 4.87. The van der Waals surface area contributed by atoms with Crippen LogP contribution >= 0.6 is 22.9 Å². The van der Waals surface area contributed by atoms with Crippen molar-refractivity contribution in [3.05, 3.63) is 92.5 Å². The molecule has 0 aliphatic carbocycles. The van der Waals surface area contributed by atoms with Gasteiger partial charge >= 0.3 is 4.87 Å². The van der Waals surface area contributed by atoms with Crippen LogP contribution in [0.25, 0.3) is 10.2 Å². The number of aromatic nitrogens is 1. The topological polar surface area (TPSA) is 68.2 Å². The molecule has 0 atom stereocenters. The standard InChI is InChI=1S/C21H17ClN2O3S2/c1-14-6-8-16(9-7-14)23-29(26,27)17-10-11-19-20(12-17)28-21(25)24(19)13-15-4-2-3-5-18(15)22/h2-12,23H,13H2,1H3. The van der Waals surface area contributed by atoms with E-state index in [1.54, 1.807) is 28.8 Å². The maximum atomic E-state index is 12.7. The van der Waals surface area contributed by atoms with Crippen molar-refractivity contribution >= 4 is 48.9 Å². The molecule has 29 heavy (non-hydrogen) atoms.